The second-order valence-corrected chi connectivity index (χ2v) is 7.91. The maximum atomic E-state index is 11.6. The molecule has 0 aliphatic heterocycles. The van der Waals surface area contributed by atoms with E-state index in [1.165, 1.54) is 0 Å². The van der Waals surface area contributed by atoms with Crippen LogP contribution in [0.15, 0.2) is 0 Å². The number of unbranched alkanes of at least 4 members (excludes halogenated alkanes) is 2. The fourth-order valence-corrected chi connectivity index (χ4v) is 1.79. The molecule has 0 aromatic carbocycles. The van der Waals surface area contributed by atoms with Crippen molar-refractivity contribution in [2.75, 3.05) is 13.2 Å². The van der Waals surface area contributed by atoms with Crippen LogP contribution < -0.4 is 0 Å². The molecule has 0 unspecified atom stereocenters. The molecule has 10 heteroatoms. The van der Waals surface area contributed by atoms with Gasteiger partial charge in [0.25, 0.3) is 0 Å². The number of esters is 2. The Hall–Kier alpha value is -2.20. The van der Waals surface area contributed by atoms with Gasteiger partial charge in [-0.05, 0) is 53.4 Å². The lowest BCUT2D eigenvalue weighted by atomic mass is 9.94. The van der Waals surface area contributed by atoms with E-state index in [4.69, 9.17) is 19.2 Å². The zero-order chi connectivity index (χ0) is 23.2. The average molecular weight is 434 g/mol. The van der Waals surface area contributed by atoms with Crippen LogP contribution in [-0.2, 0) is 48.2 Å². The summed E-state index contributed by atoms with van der Waals surface area (Å²) in [5, 5.41) is 0. The normalized spacial score (nSPS) is 11.5. The Labute approximate surface area is 177 Å². The quantitative estimate of drug-likeness (QED) is 0.140. The molecule has 0 N–H and O–H groups in total. The highest BCUT2D eigenvalue weighted by Gasteiger charge is 2.31. The Balaban J connectivity index is 4.32. The van der Waals surface area contributed by atoms with Gasteiger partial charge in [0, 0.05) is 0 Å². The van der Waals surface area contributed by atoms with E-state index in [1.807, 2.05) is 13.8 Å². The van der Waals surface area contributed by atoms with Gasteiger partial charge in [-0.1, -0.05) is 26.7 Å². The standard InChI is InChI=1S/C20H34O10/c1-7-9-13-25-15(21)17(23)27-29-19(3,4)11-12-20(5,6)30-28-18(24)16(22)26-14-10-8-2/h7-14H2,1-6H3. The molecule has 0 radical (unpaired) electrons. The van der Waals surface area contributed by atoms with E-state index in [9.17, 15) is 19.2 Å². The summed E-state index contributed by atoms with van der Waals surface area (Å²) < 4.78 is 9.46. The smallest absolute Gasteiger partial charge is 0.449 e. The minimum absolute atomic E-state index is 0.129. The lowest BCUT2D eigenvalue weighted by Gasteiger charge is -2.28. The van der Waals surface area contributed by atoms with Gasteiger partial charge >= 0.3 is 23.9 Å². The van der Waals surface area contributed by atoms with Crippen LogP contribution >= 0.6 is 0 Å². The summed E-state index contributed by atoms with van der Waals surface area (Å²) in [6, 6.07) is 0. The molecule has 0 aliphatic carbocycles. The Kier molecular flexibility index (Phi) is 12.9. The lowest BCUT2D eigenvalue weighted by Crippen LogP contribution is -2.34. The molecule has 0 heterocycles. The van der Waals surface area contributed by atoms with Gasteiger partial charge < -0.3 is 9.47 Å². The topological polar surface area (TPSA) is 124 Å². The zero-order valence-corrected chi connectivity index (χ0v) is 18.7. The molecule has 10 nitrogen and oxygen atoms in total. The molecular weight excluding hydrogens is 400 g/mol. The molecule has 0 saturated carbocycles. The summed E-state index contributed by atoms with van der Waals surface area (Å²) in [6.45, 7) is 10.6. The molecule has 0 fully saturated rings. The monoisotopic (exact) mass is 434 g/mol. The molecule has 0 aliphatic rings. The first-order valence-electron chi connectivity index (χ1n) is 10.1. The molecule has 0 aromatic heterocycles. The van der Waals surface area contributed by atoms with Crippen LogP contribution in [-0.4, -0.2) is 48.3 Å². The van der Waals surface area contributed by atoms with E-state index in [1.54, 1.807) is 27.7 Å². The highest BCUT2D eigenvalue weighted by Crippen LogP contribution is 2.25. The lowest BCUT2D eigenvalue weighted by molar-refractivity contribution is -0.339. The first-order chi connectivity index (χ1) is 13.9. The molecule has 0 aromatic rings. The highest BCUT2D eigenvalue weighted by atomic mass is 17.2. The van der Waals surface area contributed by atoms with Gasteiger partial charge in [-0.25, -0.2) is 19.2 Å². The first-order valence-corrected chi connectivity index (χ1v) is 10.1. The first kappa shape index (κ1) is 27.8. The van der Waals surface area contributed by atoms with Crippen molar-refractivity contribution in [1.82, 2.24) is 0 Å². The summed E-state index contributed by atoms with van der Waals surface area (Å²) in [5.41, 5.74) is -1.94. The molecular formula is C20H34O10. The fourth-order valence-electron chi connectivity index (χ4n) is 1.79. The molecule has 174 valence electrons. The number of rotatable bonds is 13. The molecule has 30 heavy (non-hydrogen) atoms. The fraction of sp³-hybridized carbons (Fsp3) is 0.800. The predicted octanol–water partition coefficient (Wildman–Crippen LogP) is 2.96. The minimum Gasteiger partial charge on any atom is -0.457 e. The summed E-state index contributed by atoms with van der Waals surface area (Å²) in [7, 11) is 0. The Morgan fingerprint density at radius 1 is 0.600 bits per heavy atom. The van der Waals surface area contributed by atoms with Crippen molar-refractivity contribution in [3.05, 3.63) is 0 Å². The van der Waals surface area contributed by atoms with Crippen LogP contribution in [0.5, 0.6) is 0 Å². The summed E-state index contributed by atoms with van der Waals surface area (Å²) in [6.07, 6.45) is 3.52. The summed E-state index contributed by atoms with van der Waals surface area (Å²) in [5.74, 6) is -4.74. The number of carbonyl (C=O) groups is 4. The Morgan fingerprint density at radius 3 is 1.23 bits per heavy atom. The Morgan fingerprint density at radius 2 is 0.933 bits per heavy atom. The molecule has 0 atom stereocenters. The third-order valence-electron chi connectivity index (χ3n) is 3.81. The largest absolute Gasteiger partial charge is 0.457 e. The number of hydrogen-bond donors (Lipinski definition) is 0. The van der Waals surface area contributed by atoms with Gasteiger partial charge in [0.05, 0.1) is 13.2 Å². The number of hydrogen-bond acceptors (Lipinski definition) is 10. The van der Waals surface area contributed by atoms with Crippen molar-refractivity contribution in [2.45, 2.75) is 91.3 Å². The summed E-state index contributed by atoms with van der Waals surface area (Å²) >= 11 is 0. The maximum Gasteiger partial charge on any atom is 0.449 e. The Bertz CT molecular complexity index is 518. The van der Waals surface area contributed by atoms with E-state index in [2.05, 4.69) is 9.78 Å². The minimum atomic E-state index is -1.25. The second kappa shape index (κ2) is 13.9. The molecule has 0 rings (SSSR count). The molecule has 0 spiro atoms. The van der Waals surface area contributed by atoms with Crippen molar-refractivity contribution >= 4 is 23.9 Å². The zero-order valence-electron chi connectivity index (χ0n) is 18.7. The van der Waals surface area contributed by atoms with E-state index < -0.39 is 35.1 Å². The van der Waals surface area contributed by atoms with Crippen LogP contribution in [0.25, 0.3) is 0 Å². The van der Waals surface area contributed by atoms with Gasteiger partial charge in [-0.15, -0.1) is 0 Å². The van der Waals surface area contributed by atoms with Gasteiger partial charge in [-0.3, -0.25) is 9.78 Å². The van der Waals surface area contributed by atoms with E-state index >= 15 is 0 Å². The van der Waals surface area contributed by atoms with Crippen LogP contribution in [0.2, 0.25) is 0 Å². The summed E-state index contributed by atoms with van der Waals surface area (Å²) in [4.78, 5) is 65.2. The van der Waals surface area contributed by atoms with Gasteiger partial charge in [0.1, 0.15) is 11.2 Å². The number of ether oxygens (including phenoxy) is 2. The van der Waals surface area contributed by atoms with Crippen molar-refractivity contribution in [2.24, 2.45) is 0 Å². The predicted molar refractivity (Wildman–Crippen MR) is 103 cm³/mol. The molecule has 0 amide bonds. The van der Waals surface area contributed by atoms with E-state index in [0.717, 1.165) is 12.8 Å². The third-order valence-corrected chi connectivity index (χ3v) is 3.81. The van der Waals surface area contributed by atoms with Crippen LogP contribution in [0.4, 0.5) is 0 Å². The van der Waals surface area contributed by atoms with Crippen LogP contribution in [0.3, 0.4) is 0 Å². The van der Waals surface area contributed by atoms with Gasteiger partial charge in [0.15, 0.2) is 0 Å². The van der Waals surface area contributed by atoms with Crippen molar-refractivity contribution in [3.8, 4) is 0 Å². The van der Waals surface area contributed by atoms with Crippen LogP contribution in [0, 0.1) is 0 Å². The van der Waals surface area contributed by atoms with Crippen LogP contribution in [0.1, 0.15) is 80.1 Å². The van der Waals surface area contributed by atoms with Crippen molar-refractivity contribution in [3.63, 3.8) is 0 Å². The van der Waals surface area contributed by atoms with Gasteiger partial charge in [0.2, 0.25) is 0 Å². The number of carbonyl (C=O) groups excluding carboxylic acids is 4. The SMILES string of the molecule is CCCCOC(=O)C(=O)OOC(C)(C)CCC(C)(C)OOC(=O)C(=O)OCCCC. The average Bonchev–Trinajstić information content (AvgIpc) is 2.69. The van der Waals surface area contributed by atoms with E-state index in [0.29, 0.717) is 25.7 Å². The van der Waals surface area contributed by atoms with Crippen molar-refractivity contribution < 1.29 is 48.2 Å². The maximum absolute atomic E-state index is 11.6. The van der Waals surface area contributed by atoms with Gasteiger partial charge in [-0.2, -0.15) is 9.78 Å². The molecule has 0 bridgehead atoms. The second-order valence-electron chi connectivity index (χ2n) is 7.91. The third kappa shape index (κ3) is 13.1. The molecule has 0 saturated heterocycles. The highest BCUT2D eigenvalue weighted by molar-refractivity contribution is 6.29. The van der Waals surface area contributed by atoms with E-state index in [-0.39, 0.29) is 13.2 Å². The van der Waals surface area contributed by atoms with Crippen molar-refractivity contribution in [1.29, 1.82) is 0 Å².